The molecule has 132 valence electrons. The minimum Gasteiger partial charge on any atom is -0.493 e. The van der Waals surface area contributed by atoms with Crippen LogP contribution in [0.5, 0.6) is 5.75 Å². The second-order valence-corrected chi connectivity index (χ2v) is 7.53. The number of rotatable bonds is 9. The van der Waals surface area contributed by atoms with Crippen LogP contribution in [0, 0.1) is 5.92 Å². The van der Waals surface area contributed by atoms with Crippen molar-refractivity contribution in [1.29, 1.82) is 0 Å². The Bertz CT molecular complexity index is 461. The van der Waals surface area contributed by atoms with Crippen molar-refractivity contribution in [2.45, 2.75) is 65.2 Å². The molecule has 0 aliphatic carbocycles. The van der Waals surface area contributed by atoms with Gasteiger partial charge in [-0.2, -0.15) is 0 Å². The van der Waals surface area contributed by atoms with Gasteiger partial charge in [0.25, 0.3) is 0 Å². The summed E-state index contributed by atoms with van der Waals surface area (Å²) in [6.45, 7) is 13.2. The van der Waals surface area contributed by atoms with Crippen LogP contribution in [0.4, 0.5) is 0 Å². The Hall–Kier alpha value is -1.06. The molecule has 0 aromatic heterocycles. The van der Waals surface area contributed by atoms with Gasteiger partial charge >= 0.3 is 0 Å². The van der Waals surface area contributed by atoms with Gasteiger partial charge in [0.15, 0.2) is 0 Å². The highest BCUT2D eigenvalue weighted by Crippen LogP contribution is 2.37. The first-order valence-corrected chi connectivity index (χ1v) is 9.04. The molecule has 0 saturated heterocycles. The van der Waals surface area contributed by atoms with Crippen LogP contribution in [0.25, 0.3) is 0 Å². The molecule has 1 aromatic carbocycles. The fourth-order valence-corrected chi connectivity index (χ4v) is 2.88. The van der Waals surface area contributed by atoms with Gasteiger partial charge in [0.2, 0.25) is 0 Å². The van der Waals surface area contributed by atoms with E-state index in [-0.39, 0.29) is 5.41 Å². The standard InChI is InChI=1S/C20H36N2O/c1-6-10-23-19-9-8-17(20(3,4)5)12-18(19)16(7-2)11-15(13-21)14-22/h8-9,12,15-16H,6-7,10-11,13-14,21-22H2,1-5H3. The molecule has 1 atom stereocenters. The predicted octanol–water partition coefficient (Wildman–Crippen LogP) is 4.19. The van der Waals surface area contributed by atoms with Gasteiger partial charge in [-0.25, -0.2) is 0 Å². The van der Waals surface area contributed by atoms with E-state index in [9.17, 15) is 0 Å². The molecule has 0 heterocycles. The van der Waals surface area contributed by atoms with E-state index in [4.69, 9.17) is 16.2 Å². The molecular weight excluding hydrogens is 284 g/mol. The third-order valence-electron chi connectivity index (χ3n) is 4.55. The van der Waals surface area contributed by atoms with Crippen LogP contribution in [0.15, 0.2) is 18.2 Å². The smallest absolute Gasteiger partial charge is 0.122 e. The zero-order valence-electron chi connectivity index (χ0n) is 15.7. The van der Waals surface area contributed by atoms with E-state index < -0.39 is 0 Å². The van der Waals surface area contributed by atoms with Crippen LogP contribution < -0.4 is 16.2 Å². The second kappa shape index (κ2) is 9.29. The van der Waals surface area contributed by atoms with E-state index >= 15 is 0 Å². The lowest BCUT2D eigenvalue weighted by atomic mass is 9.81. The SMILES string of the molecule is CCCOc1ccc(C(C)(C)C)cc1C(CC)CC(CN)CN. The quantitative estimate of drug-likeness (QED) is 0.717. The summed E-state index contributed by atoms with van der Waals surface area (Å²) in [5.74, 6) is 1.85. The number of ether oxygens (including phenoxy) is 1. The van der Waals surface area contributed by atoms with Crippen LogP contribution in [0.1, 0.15) is 70.9 Å². The normalized spacial score (nSPS) is 13.4. The van der Waals surface area contributed by atoms with Crippen molar-refractivity contribution in [1.82, 2.24) is 0 Å². The number of nitrogens with two attached hydrogens (primary N) is 2. The molecule has 3 heteroatoms. The Labute approximate surface area is 142 Å². The summed E-state index contributed by atoms with van der Waals surface area (Å²) >= 11 is 0. The van der Waals surface area contributed by atoms with E-state index in [1.807, 2.05) is 0 Å². The summed E-state index contributed by atoms with van der Waals surface area (Å²) in [6.07, 6.45) is 3.12. The van der Waals surface area contributed by atoms with Gasteiger partial charge in [0.05, 0.1) is 6.61 Å². The predicted molar refractivity (Wildman–Crippen MR) is 100 cm³/mol. The third-order valence-corrected chi connectivity index (χ3v) is 4.55. The van der Waals surface area contributed by atoms with Crippen LogP contribution in [-0.2, 0) is 5.41 Å². The minimum absolute atomic E-state index is 0.136. The molecule has 0 radical (unpaired) electrons. The van der Waals surface area contributed by atoms with Crippen LogP contribution in [0.2, 0.25) is 0 Å². The van der Waals surface area contributed by atoms with Gasteiger partial charge in [-0.3, -0.25) is 0 Å². The number of hydrogen-bond acceptors (Lipinski definition) is 3. The summed E-state index contributed by atoms with van der Waals surface area (Å²) < 4.78 is 6.02. The van der Waals surface area contributed by atoms with Crippen molar-refractivity contribution in [3.8, 4) is 5.75 Å². The molecule has 0 aliphatic heterocycles. The molecule has 0 aliphatic rings. The monoisotopic (exact) mass is 320 g/mol. The lowest BCUT2D eigenvalue weighted by Crippen LogP contribution is -2.25. The van der Waals surface area contributed by atoms with Gasteiger partial charge in [0, 0.05) is 0 Å². The van der Waals surface area contributed by atoms with Crippen LogP contribution in [-0.4, -0.2) is 19.7 Å². The molecule has 23 heavy (non-hydrogen) atoms. The Morgan fingerprint density at radius 2 is 1.74 bits per heavy atom. The topological polar surface area (TPSA) is 61.3 Å². The molecular formula is C20H36N2O. The van der Waals surface area contributed by atoms with Crippen molar-refractivity contribution >= 4 is 0 Å². The van der Waals surface area contributed by atoms with Gasteiger partial charge in [-0.05, 0) is 66.8 Å². The van der Waals surface area contributed by atoms with Crippen LogP contribution in [0.3, 0.4) is 0 Å². The average Bonchev–Trinajstić information content (AvgIpc) is 2.53. The summed E-state index contributed by atoms with van der Waals surface area (Å²) in [4.78, 5) is 0. The number of hydrogen-bond donors (Lipinski definition) is 2. The molecule has 0 amide bonds. The number of benzene rings is 1. The minimum atomic E-state index is 0.136. The molecule has 1 aromatic rings. The molecule has 1 rings (SSSR count). The van der Waals surface area contributed by atoms with E-state index in [0.717, 1.165) is 31.6 Å². The Kier molecular flexibility index (Phi) is 8.07. The summed E-state index contributed by atoms with van der Waals surface area (Å²) in [5.41, 5.74) is 14.6. The fraction of sp³-hybridized carbons (Fsp3) is 0.700. The highest BCUT2D eigenvalue weighted by molar-refractivity contribution is 5.42. The van der Waals surface area contributed by atoms with E-state index in [1.165, 1.54) is 11.1 Å². The summed E-state index contributed by atoms with van der Waals surface area (Å²) in [7, 11) is 0. The van der Waals surface area contributed by atoms with E-state index in [2.05, 4.69) is 52.8 Å². The Morgan fingerprint density at radius 3 is 2.22 bits per heavy atom. The molecule has 0 saturated carbocycles. The maximum Gasteiger partial charge on any atom is 0.122 e. The first kappa shape index (κ1) is 20.0. The van der Waals surface area contributed by atoms with Gasteiger partial charge in [0.1, 0.15) is 5.75 Å². The lowest BCUT2D eigenvalue weighted by Gasteiger charge is -2.26. The fourth-order valence-electron chi connectivity index (χ4n) is 2.88. The van der Waals surface area contributed by atoms with Gasteiger partial charge in [-0.1, -0.05) is 46.8 Å². The van der Waals surface area contributed by atoms with Crippen molar-refractivity contribution in [3.63, 3.8) is 0 Å². The second-order valence-electron chi connectivity index (χ2n) is 7.53. The maximum atomic E-state index is 6.02. The molecule has 0 fully saturated rings. The average molecular weight is 321 g/mol. The Balaban J connectivity index is 3.19. The van der Waals surface area contributed by atoms with E-state index in [1.54, 1.807) is 0 Å². The van der Waals surface area contributed by atoms with Crippen LogP contribution >= 0.6 is 0 Å². The molecule has 0 spiro atoms. The lowest BCUT2D eigenvalue weighted by molar-refractivity contribution is 0.308. The highest BCUT2D eigenvalue weighted by atomic mass is 16.5. The maximum absolute atomic E-state index is 6.02. The molecule has 1 unspecified atom stereocenters. The zero-order chi connectivity index (χ0) is 17.5. The molecule has 0 bridgehead atoms. The van der Waals surface area contributed by atoms with E-state index in [0.29, 0.717) is 24.9 Å². The third kappa shape index (κ3) is 5.82. The first-order valence-electron chi connectivity index (χ1n) is 9.04. The summed E-state index contributed by atoms with van der Waals surface area (Å²) in [5, 5.41) is 0. The zero-order valence-corrected chi connectivity index (χ0v) is 15.7. The largest absolute Gasteiger partial charge is 0.493 e. The highest BCUT2D eigenvalue weighted by Gasteiger charge is 2.22. The van der Waals surface area contributed by atoms with Crippen molar-refractivity contribution in [2.24, 2.45) is 17.4 Å². The molecule has 4 N–H and O–H groups in total. The van der Waals surface area contributed by atoms with Gasteiger partial charge < -0.3 is 16.2 Å². The van der Waals surface area contributed by atoms with Crippen molar-refractivity contribution in [3.05, 3.63) is 29.3 Å². The first-order chi connectivity index (χ1) is 10.9. The van der Waals surface area contributed by atoms with Gasteiger partial charge in [-0.15, -0.1) is 0 Å². The Morgan fingerprint density at radius 1 is 1.09 bits per heavy atom. The summed E-state index contributed by atoms with van der Waals surface area (Å²) in [6, 6.07) is 6.68. The molecule has 3 nitrogen and oxygen atoms in total. The van der Waals surface area contributed by atoms with Crippen molar-refractivity contribution < 1.29 is 4.74 Å². The van der Waals surface area contributed by atoms with Crippen molar-refractivity contribution in [2.75, 3.05) is 19.7 Å².